The summed E-state index contributed by atoms with van der Waals surface area (Å²) in [5.41, 5.74) is -2.80. The van der Waals surface area contributed by atoms with Crippen LogP contribution < -0.4 is 0 Å². The maximum Gasteiger partial charge on any atom is 0.136 e. The predicted octanol–water partition coefficient (Wildman–Crippen LogP) is 12.6. The molecular weight excluding hydrogens is 544 g/mol. The quantitative estimate of drug-likeness (QED) is 0.185. The standard InChI is InChI=1S/C44H28O/c1-3-14-29(15-4-1)31-18-13-19-32(26-31)42-34-20-7-9-22-36(34)43(37-23-10-8-21-35(37)42)39-27-33(30-16-5-2-6-17-30)28-41-44(39)38-24-11-12-25-40(38)45-41/h1-28H/i1D,2D,3D,4D,5D,6D,11D,12D,13D,14D,15D,16D,17D,18D,19D,24D,25D,26D,27D,28D. The second-order valence-electron chi connectivity index (χ2n) is 10.1. The number of furan rings is 1. The second kappa shape index (κ2) is 10.4. The fraction of sp³-hybridized carbons (Fsp3) is 0. The van der Waals surface area contributed by atoms with Gasteiger partial charge >= 0.3 is 0 Å². The van der Waals surface area contributed by atoms with E-state index in [1.807, 2.05) is 0 Å². The predicted molar refractivity (Wildman–Crippen MR) is 190 cm³/mol. The molecule has 210 valence electrons. The van der Waals surface area contributed by atoms with Gasteiger partial charge in [-0.3, -0.25) is 0 Å². The van der Waals surface area contributed by atoms with Gasteiger partial charge in [-0.25, -0.2) is 0 Å². The summed E-state index contributed by atoms with van der Waals surface area (Å²) in [6, 6.07) is -0.697. The lowest BCUT2D eigenvalue weighted by atomic mass is 9.83. The molecule has 9 rings (SSSR count). The zero-order valence-electron chi connectivity index (χ0n) is 43.0. The van der Waals surface area contributed by atoms with Crippen molar-refractivity contribution in [1.82, 2.24) is 0 Å². The van der Waals surface area contributed by atoms with Crippen LogP contribution >= 0.6 is 0 Å². The van der Waals surface area contributed by atoms with Crippen LogP contribution in [0.5, 0.6) is 0 Å². The molecule has 0 amide bonds. The lowest BCUT2D eigenvalue weighted by molar-refractivity contribution is 0.669. The van der Waals surface area contributed by atoms with E-state index in [0.29, 0.717) is 0 Å². The molecule has 8 aromatic carbocycles. The minimum Gasteiger partial charge on any atom is -0.456 e. The second-order valence-corrected chi connectivity index (χ2v) is 10.1. The Balaban J connectivity index is 1.53. The summed E-state index contributed by atoms with van der Waals surface area (Å²) in [5, 5.41) is 0.714. The van der Waals surface area contributed by atoms with E-state index in [2.05, 4.69) is 0 Å². The van der Waals surface area contributed by atoms with Crippen LogP contribution in [-0.2, 0) is 0 Å². The molecule has 0 aliphatic carbocycles. The van der Waals surface area contributed by atoms with E-state index < -0.39 is 143 Å². The molecule has 0 N–H and O–H groups in total. The van der Waals surface area contributed by atoms with E-state index in [-0.39, 0.29) is 65.7 Å². The Labute approximate surface area is 289 Å². The summed E-state index contributed by atoms with van der Waals surface area (Å²) in [6.07, 6.45) is 0. The van der Waals surface area contributed by atoms with Gasteiger partial charge in [0.2, 0.25) is 0 Å². The zero-order valence-corrected chi connectivity index (χ0v) is 23.0. The smallest absolute Gasteiger partial charge is 0.136 e. The van der Waals surface area contributed by atoms with Crippen LogP contribution in [-0.4, -0.2) is 0 Å². The van der Waals surface area contributed by atoms with Crippen molar-refractivity contribution in [3.05, 3.63) is 169 Å². The first-order valence-corrected chi connectivity index (χ1v) is 13.8. The van der Waals surface area contributed by atoms with Gasteiger partial charge < -0.3 is 4.42 Å². The molecule has 0 fully saturated rings. The Hall–Kier alpha value is -5.92. The monoisotopic (exact) mass is 592 g/mol. The fourth-order valence-electron chi connectivity index (χ4n) is 5.80. The van der Waals surface area contributed by atoms with Gasteiger partial charge in [0.25, 0.3) is 0 Å². The van der Waals surface area contributed by atoms with Crippen LogP contribution in [0.15, 0.2) is 174 Å². The Morgan fingerprint density at radius 2 is 0.911 bits per heavy atom. The van der Waals surface area contributed by atoms with E-state index in [1.165, 1.54) is 0 Å². The van der Waals surface area contributed by atoms with Gasteiger partial charge in [0.1, 0.15) is 11.2 Å². The Kier molecular flexibility index (Phi) is 2.90. The topological polar surface area (TPSA) is 13.1 Å². The molecule has 0 bridgehead atoms. The van der Waals surface area contributed by atoms with E-state index >= 15 is 0 Å². The third-order valence-corrected chi connectivity index (χ3v) is 7.63. The Bertz CT molecular complexity index is 3550. The van der Waals surface area contributed by atoms with Crippen molar-refractivity contribution >= 4 is 43.5 Å². The third kappa shape index (κ3) is 4.17. The Morgan fingerprint density at radius 1 is 0.378 bits per heavy atom. The number of hydrogen-bond acceptors (Lipinski definition) is 1. The summed E-state index contributed by atoms with van der Waals surface area (Å²) in [6.45, 7) is 0. The molecule has 1 heterocycles. The molecule has 0 aliphatic rings. The van der Waals surface area contributed by atoms with Crippen LogP contribution in [0.25, 0.3) is 88.0 Å². The highest BCUT2D eigenvalue weighted by Crippen LogP contribution is 2.48. The highest BCUT2D eigenvalue weighted by atomic mass is 16.3. The molecule has 0 saturated heterocycles. The van der Waals surface area contributed by atoms with Crippen molar-refractivity contribution in [2.75, 3.05) is 0 Å². The van der Waals surface area contributed by atoms with E-state index in [1.54, 1.807) is 48.5 Å². The molecule has 0 atom stereocenters. The summed E-state index contributed by atoms with van der Waals surface area (Å²) in [4.78, 5) is 0. The van der Waals surface area contributed by atoms with Crippen LogP contribution in [0, 0.1) is 0 Å². The van der Waals surface area contributed by atoms with E-state index in [4.69, 9.17) is 26.3 Å². The van der Waals surface area contributed by atoms with Crippen molar-refractivity contribution < 1.29 is 31.8 Å². The zero-order chi connectivity index (χ0) is 47.1. The maximum atomic E-state index is 9.99. The van der Waals surface area contributed by atoms with Crippen LogP contribution in [0.1, 0.15) is 27.4 Å². The summed E-state index contributed by atoms with van der Waals surface area (Å²) in [7, 11) is 0. The molecule has 0 unspecified atom stereocenters. The van der Waals surface area contributed by atoms with Crippen molar-refractivity contribution in [1.29, 1.82) is 0 Å². The van der Waals surface area contributed by atoms with Gasteiger partial charge in [-0.15, -0.1) is 0 Å². The van der Waals surface area contributed by atoms with Gasteiger partial charge in [-0.2, -0.15) is 0 Å². The van der Waals surface area contributed by atoms with Gasteiger partial charge in [-0.1, -0.05) is 145 Å². The van der Waals surface area contributed by atoms with Crippen LogP contribution in [0.3, 0.4) is 0 Å². The average Bonchev–Trinajstić information content (AvgIpc) is 3.70. The lowest BCUT2D eigenvalue weighted by Crippen LogP contribution is -1.92. The van der Waals surface area contributed by atoms with Crippen molar-refractivity contribution in [2.45, 2.75) is 0 Å². The highest BCUT2D eigenvalue weighted by molar-refractivity contribution is 6.26. The van der Waals surface area contributed by atoms with Gasteiger partial charge in [0.15, 0.2) is 0 Å². The fourth-order valence-corrected chi connectivity index (χ4v) is 5.80. The summed E-state index contributed by atoms with van der Waals surface area (Å²) in [5.74, 6) is 0. The first kappa shape index (κ1) is 12.6. The number of benzene rings is 8. The number of fused-ring (bicyclic) bond motifs is 5. The number of rotatable bonds is 4. The molecule has 0 saturated carbocycles. The number of hydrogen-bond donors (Lipinski definition) is 0. The van der Waals surface area contributed by atoms with Crippen LogP contribution in [0.4, 0.5) is 0 Å². The molecule has 0 aliphatic heterocycles. The lowest BCUT2D eigenvalue weighted by Gasteiger charge is -2.19. The van der Waals surface area contributed by atoms with Gasteiger partial charge in [0, 0.05) is 10.8 Å². The minimum atomic E-state index is -0.751. The molecule has 45 heavy (non-hydrogen) atoms. The van der Waals surface area contributed by atoms with E-state index in [9.17, 15) is 5.48 Å². The Morgan fingerprint density at radius 3 is 1.58 bits per heavy atom. The summed E-state index contributed by atoms with van der Waals surface area (Å²) < 4.78 is 182. The van der Waals surface area contributed by atoms with E-state index in [0.717, 1.165) is 0 Å². The largest absolute Gasteiger partial charge is 0.456 e. The normalized spacial score (nSPS) is 17.8. The maximum absolute atomic E-state index is 9.99. The first-order chi connectivity index (χ1) is 30.7. The molecule has 0 radical (unpaired) electrons. The molecule has 1 heteroatoms. The van der Waals surface area contributed by atoms with Crippen molar-refractivity contribution in [3.8, 4) is 44.5 Å². The van der Waals surface area contributed by atoms with Crippen molar-refractivity contribution in [2.24, 2.45) is 0 Å². The van der Waals surface area contributed by atoms with Crippen LogP contribution in [0.2, 0.25) is 0 Å². The third-order valence-electron chi connectivity index (χ3n) is 7.63. The molecule has 9 aromatic rings. The SMILES string of the molecule is [2H]c1c([2H])c([2H])c(-c2c([2H])c([2H])c([2H])c(-c3c4ccccc4c(-c4c([2H])c(-c5c([2H])c([2H])c([2H])c([2H])c5[2H])c([2H])c5oc6c([2H])c([2H])c([2H])c([2H])c6c45)c4ccccc34)c2[2H])c([2H])c1[2H]. The minimum absolute atomic E-state index is 0.125. The van der Waals surface area contributed by atoms with Crippen molar-refractivity contribution in [3.63, 3.8) is 0 Å². The average molecular weight is 593 g/mol. The van der Waals surface area contributed by atoms with Gasteiger partial charge in [-0.05, 0) is 90.2 Å². The van der Waals surface area contributed by atoms with Gasteiger partial charge in [0.05, 0.1) is 27.4 Å². The number of para-hydroxylation sites is 1. The molecule has 1 aromatic heterocycles. The molecule has 1 nitrogen and oxygen atoms in total. The molecule has 0 spiro atoms. The summed E-state index contributed by atoms with van der Waals surface area (Å²) >= 11 is 0. The highest BCUT2D eigenvalue weighted by Gasteiger charge is 2.21. The first-order valence-electron chi connectivity index (χ1n) is 23.8. The molecular formula is C44H28O.